The summed E-state index contributed by atoms with van der Waals surface area (Å²) in [5.41, 5.74) is 5.55. The molecule has 3 N–H and O–H groups in total. The number of nitrogens with one attached hydrogen (secondary N) is 1. The molecule has 7 nitrogen and oxygen atoms in total. The maximum atomic E-state index is 11.7. The zero-order chi connectivity index (χ0) is 16.0. The van der Waals surface area contributed by atoms with Crippen LogP contribution in [0.4, 0.5) is 5.69 Å². The Kier molecular flexibility index (Phi) is 5.95. The van der Waals surface area contributed by atoms with E-state index in [0.29, 0.717) is 5.69 Å². The largest absolute Gasteiger partial charge is 0.451 e. The molecule has 21 heavy (non-hydrogen) atoms. The average molecular weight is 295 g/mol. The smallest absolute Gasteiger partial charge is 0.326 e. The van der Waals surface area contributed by atoms with Crippen LogP contribution in [0.25, 0.3) is 0 Å². The van der Waals surface area contributed by atoms with E-state index in [1.165, 1.54) is 25.3 Å². The number of carbonyl (C=O) groups is 2. The summed E-state index contributed by atoms with van der Waals surface area (Å²) in [4.78, 5) is 35.0. The molecular weight excluding hydrogens is 274 g/mol. The number of aromatic nitrogens is 1. The van der Waals surface area contributed by atoms with Crippen molar-refractivity contribution in [2.75, 3.05) is 5.73 Å². The number of nitrogens with zero attached hydrogens (tertiary/aromatic N) is 1. The first-order valence-corrected chi connectivity index (χ1v) is 6.79. The molecule has 0 spiro atoms. The number of hydrogen-bond acceptors (Lipinski definition) is 5. The Balaban J connectivity index is 2.59. The lowest BCUT2D eigenvalue weighted by atomic mass is 10.2. The molecule has 0 fully saturated rings. The fraction of sp³-hybridized carbons (Fsp3) is 0.500. The Morgan fingerprint density at radius 1 is 1.38 bits per heavy atom. The van der Waals surface area contributed by atoms with Crippen LogP contribution in [0, 0.1) is 0 Å². The van der Waals surface area contributed by atoms with Gasteiger partial charge < -0.3 is 20.4 Å². The summed E-state index contributed by atoms with van der Waals surface area (Å²) in [7, 11) is 0. The van der Waals surface area contributed by atoms with Gasteiger partial charge in [0.15, 0.2) is 6.10 Å². The van der Waals surface area contributed by atoms with Gasteiger partial charge in [0.1, 0.15) is 6.54 Å². The van der Waals surface area contributed by atoms with Gasteiger partial charge in [0.25, 0.3) is 11.5 Å². The van der Waals surface area contributed by atoms with E-state index in [0.717, 1.165) is 11.0 Å². The number of anilines is 1. The van der Waals surface area contributed by atoms with Crippen LogP contribution in [0.5, 0.6) is 0 Å². The van der Waals surface area contributed by atoms with Crippen LogP contribution < -0.4 is 16.6 Å². The van der Waals surface area contributed by atoms with E-state index in [1.807, 2.05) is 13.8 Å². The van der Waals surface area contributed by atoms with E-state index < -0.39 is 12.1 Å². The van der Waals surface area contributed by atoms with Crippen molar-refractivity contribution in [2.24, 2.45) is 0 Å². The van der Waals surface area contributed by atoms with E-state index in [1.54, 1.807) is 0 Å². The molecule has 0 radical (unpaired) electrons. The number of nitrogen functional groups attached to an aromatic ring is 1. The maximum absolute atomic E-state index is 11.7. The van der Waals surface area contributed by atoms with Crippen molar-refractivity contribution < 1.29 is 14.3 Å². The van der Waals surface area contributed by atoms with Crippen LogP contribution in [0.3, 0.4) is 0 Å². The third-order valence-corrected chi connectivity index (χ3v) is 2.98. The number of hydrogen-bond donors (Lipinski definition) is 2. The molecule has 2 unspecified atom stereocenters. The van der Waals surface area contributed by atoms with E-state index >= 15 is 0 Å². The van der Waals surface area contributed by atoms with Gasteiger partial charge in [-0.2, -0.15) is 0 Å². The van der Waals surface area contributed by atoms with Crippen molar-refractivity contribution in [1.82, 2.24) is 9.88 Å². The van der Waals surface area contributed by atoms with Gasteiger partial charge in [0.05, 0.1) is 0 Å². The molecule has 1 aromatic heterocycles. The molecule has 0 aliphatic heterocycles. The highest BCUT2D eigenvalue weighted by atomic mass is 16.5. The zero-order valence-electron chi connectivity index (χ0n) is 12.5. The fourth-order valence-corrected chi connectivity index (χ4v) is 1.56. The Labute approximate surface area is 123 Å². The quantitative estimate of drug-likeness (QED) is 0.734. The van der Waals surface area contributed by atoms with E-state index in [-0.39, 0.29) is 24.1 Å². The molecule has 0 saturated heterocycles. The molecule has 1 aromatic rings. The van der Waals surface area contributed by atoms with Crippen LogP contribution in [0.1, 0.15) is 27.2 Å². The Bertz CT molecular complexity index is 568. The number of pyridine rings is 1. The lowest BCUT2D eigenvalue weighted by molar-refractivity contribution is -0.155. The minimum atomic E-state index is -0.914. The molecule has 1 rings (SSSR count). The van der Waals surface area contributed by atoms with Crippen molar-refractivity contribution in [3.8, 4) is 0 Å². The van der Waals surface area contributed by atoms with Gasteiger partial charge in [0.2, 0.25) is 0 Å². The summed E-state index contributed by atoms with van der Waals surface area (Å²) in [5, 5.41) is 2.71. The third kappa shape index (κ3) is 5.29. The van der Waals surface area contributed by atoms with E-state index in [9.17, 15) is 14.4 Å². The van der Waals surface area contributed by atoms with Crippen molar-refractivity contribution >= 4 is 17.6 Å². The summed E-state index contributed by atoms with van der Waals surface area (Å²) in [6.45, 7) is 5.00. The number of rotatable bonds is 6. The first-order valence-electron chi connectivity index (χ1n) is 6.79. The lowest BCUT2D eigenvalue weighted by Crippen LogP contribution is -2.41. The third-order valence-electron chi connectivity index (χ3n) is 2.98. The average Bonchev–Trinajstić information content (AvgIpc) is 2.42. The Hall–Kier alpha value is -2.31. The second-order valence-corrected chi connectivity index (χ2v) is 4.88. The molecule has 116 valence electrons. The minimum absolute atomic E-state index is 0.00944. The first kappa shape index (κ1) is 16.7. The van der Waals surface area contributed by atoms with Crippen molar-refractivity contribution in [2.45, 2.75) is 45.9 Å². The van der Waals surface area contributed by atoms with E-state index in [2.05, 4.69) is 5.32 Å². The van der Waals surface area contributed by atoms with Crippen LogP contribution in [-0.4, -0.2) is 28.6 Å². The van der Waals surface area contributed by atoms with Crippen molar-refractivity contribution in [3.63, 3.8) is 0 Å². The fourth-order valence-electron chi connectivity index (χ4n) is 1.56. The second-order valence-electron chi connectivity index (χ2n) is 4.88. The van der Waals surface area contributed by atoms with Gasteiger partial charge in [0, 0.05) is 24.0 Å². The predicted molar refractivity (Wildman–Crippen MR) is 78.6 cm³/mol. The van der Waals surface area contributed by atoms with Crippen LogP contribution in [0.15, 0.2) is 23.1 Å². The predicted octanol–water partition coefficient (Wildman–Crippen LogP) is 0.277. The Morgan fingerprint density at radius 2 is 2.05 bits per heavy atom. The molecule has 1 amide bonds. The molecule has 2 atom stereocenters. The van der Waals surface area contributed by atoms with Gasteiger partial charge in [-0.15, -0.1) is 0 Å². The Morgan fingerprint density at radius 3 is 2.67 bits per heavy atom. The molecular formula is C14H21N3O4. The second kappa shape index (κ2) is 7.47. The summed E-state index contributed by atoms with van der Waals surface area (Å²) in [5.74, 6) is -1.04. The first-order chi connectivity index (χ1) is 9.83. The SMILES string of the molecule is CCC(C)NC(=O)C(C)OC(=O)Cn1cc(N)ccc1=O. The summed E-state index contributed by atoms with van der Waals surface area (Å²) in [6.07, 6.45) is 1.22. The van der Waals surface area contributed by atoms with Gasteiger partial charge in [-0.3, -0.25) is 14.4 Å². The van der Waals surface area contributed by atoms with Gasteiger partial charge in [-0.25, -0.2) is 0 Å². The van der Waals surface area contributed by atoms with Crippen LogP contribution in [0.2, 0.25) is 0 Å². The minimum Gasteiger partial charge on any atom is -0.451 e. The van der Waals surface area contributed by atoms with Gasteiger partial charge in [-0.05, 0) is 26.3 Å². The zero-order valence-corrected chi connectivity index (χ0v) is 12.5. The topological polar surface area (TPSA) is 103 Å². The number of amides is 1. The van der Waals surface area contributed by atoms with Gasteiger partial charge in [-0.1, -0.05) is 6.92 Å². The maximum Gasteiger partial charge on any atom is 0.326 e. The molecule has 0 saturated carbocycles. The highest BCUT2D eigenvalue weighted by Gasteiger charge is 2.19. The summed E-state index contributed by atoms with van der Waals surface area (Å²) < 4.78 is 6.14. The molecule has 0 bridgehead atoms. The van der Waals surface area contributed by atoms with Crippen molar-refractivity contribution in [3.05, 3.63) is 28.7 Å². The molecule has 0 aromatic carbocycles. The van der Waals surface area contributed by atoms with Crippen LogP contribution in [-0.2, 0) is 20.9 Å². The lowest BCUT2D eigenvalue weighted by Gasteiger charge is -2.17. The van der Waals surface area contributed by atoms with Crippen LogP contribution >= 0.6 is 0 Å². The number of ether oxygens (including phenoxy) is 1. The molecule has 0 aliphatic rings. The monoisotopic (exact) mass is 295 g/mol. The highest BCUT2D eigenvalue weighted by Crippen LogP contribution is 1.99. The van der Waals surface area contributed by atoms with Gasteiger partial charge >= 0.3 is 5.97 Å². The van der Waals surface area contributed by atoms with Crippen molar-refractivity contribution in [1.29, 1.82) is 0 Å². The number of nitrogens with two attached hydrogens (primary N) is 1. The summed E-state index contributed by atoms with van der Waals surface area (Å²) >= 11 is 0. The molecule has 7 heteroatoms. The molecule has 1 heterocycles. The number of carbonyl (C=O) groups excluding carboxylic acids is 2. The number of esters is 1. The normalized spacial score (nSPS) is 13.3. The standard InChI is InChI=1S/C14H21N3O4/c1-4-9(2)16-14(20)10(3)21-13(19)8-17-7-11(15)5-6-12(17)18/h5-7,9-10H,4,8,15H2,1-3H3,(H,16,20). The summed E-state index contributed by atoms with van der Waals surface area (Å²) in [6, 6.07) is 2.73. The molecule has 0 aliphatic carbocycles. The highest BCUT2D eigenvalue weighted by molar-refractivity contribution is 5.83. The van der Waals surface area contributed by atoms with E-state index in [4.69, 9.17) is 10.5 Å².